The van der Waals surface area contributed by atoms with Crippen LogP contribution in [0.4, 0.5) is 17.6 Å². The minimum atomic E-state index is -4.60. The van der Waals surface area contributed by atoms with Gasteiger partial charge in [-0.15, -0.1) is 0 Å². The molecular weight excluding hydrogens is 356 g/mol. The van der Waals surface area contributed by atoms with E-state index in [1.54, 1.807) is 18.2 Å². The molecular formula is C18H12F4O4. The lowest BCUT2D eigenvalue weighted by molar-refractivity contribution is -0.139. The Balaban J connectivity index is 1.45. The molecule has 0 saturated heterocycles. The number of rotatable bonds is 4. The van der Waals surface area contributed by atoms with Crippen LogP contribution in [0.3, 0.4) is 0 Å². The molecule has 0 spiro atoms. The summed E-state index contributed by atoms with van der Waals surface area (Å²) in [6, 6.07) is 7.14. The van der Waals surface area contributed by atoms with E-state index in [1.807, 2.05) is 0 Å². The van der Waals surface area contributed by atoms with E-state index in [1.165, 1.54) is 0 Å². The topological polar surface area (TPSA) is 55.8 Å². The second-order valence-electron chi connectivity index (χ2n) is 6.26. The molecule has 1 aliphatic carbocycles. The van der Waals surface area contributed by atoms with E-state index in [4.69, 9.17) is 14.6 Å². The predicted molar refractivity (Wildman–Crippen MR) is 80.5 cm³/mol. The van der Waals surface area contributed by atoms with Gasteiger partial charge in [0.1, 0.15) is 35.9 Å². The van der Waals surface area contributed by atoms with Crippen molar-refractivity contribution in [1.29, 1.82) is 0 Å². The molecule has 0 radical (unpaired) electrons. The van der Waals surface area contributed by atoms with Crippen LogP contribution >= 0.6 is 0 Å². The van der Waals surface area contributed by atoms with Crippen molar-refractivity contribution in [2.24, 2.45) is 5.92 Å². The van der Waals surface area contributed by atoms with E-state index in [-0.39, 0.29) is 24.2 Å². The van der Waals surface area contributed by atoms with Gasteiger partial charge in [0.15, 0.2) is 0 Å². The first-order valence-corrected chi connectivity index (χ1v) is 7.77. The van der Waals surface area contributed by atoms with Gasteiger partial charge in [0.05, 0.1) is 5.56 Å². The Hall–Kier alpha value is -2.77. The molecule has 0 aromatic heterocycles. The molecule has 1 heterocycles. The Labute approximate surface area is 145 Å². The molecule has 3 unspecified atom stereocenters. The minimum absolute atomic E-state index is 0.00629. The summed E-state index contributed by atoms with van der Waals surface area (Å²) in [7, 11) is 0. The lowest BCUT2D eigenvalue weighted by Gasteiger charge is -2.12. The summed E-state index contributed by atoms with van der Waals surface area (Å²) in [5.41, 5.74) is -0.277. The van der Waals surface area contributed by atoms with Gasteiger partial charge in [-0.25, -0.2) is 4.39 Å². The molecule has 4 rings (SSSR count). The largest absolute Gasteiger partial charge is 0.489 e. The van der Waals surface area contributed by atoms with E-state index in [0.717, 1.165) is 17.7 Å². The molecule has 0 bridgehead atoms. The summed E-state index contributed by atoms with van der Waals surface area (Å²) >= 11 is 0. The molecule has 1 saturated carbocycles. The van der Waals surface area contributed by atoms with E-state index in [9.17, 15) is 22.4 Å². The molecule has 2 aliphatic rings. The van der Waals surface area contributed by atoms with E-state index >= 15 is 0 Å². The second kappa shape index (κ2) is 5.62. The van der Waals surface area contributed by atoms with Crippen molar-refractivity contribution in [2.75, 3.05) is 0 Å². The normalized spacial score (nSPS) is 23.0. The molecule has 2 aromatic carbocycles. The van der Waals surface area contributed by atoms with Crippen LogP contribution in [0.15, 0.2) is 36.4 Å². The number of carboxylic acids is 1. The Bertz CT molecular complexity index is 893. The first-order valence-electron chi connectivity index (χ1n) is 7.77. The third-order valence-corrected chi connectivity index (χ3v) is 4.62. The highest BCUT2D eigenvalue weighted by Crippen LogP contribution is 2.58. The highest BCUT2D eigenvalue weighted by molar-refractivity contribution is 5.79. The van der Waals surface area contributed by atoms with Crippen molar-refractivity contribution in [3.63, 3.8) is 0 Å². The Morgan fingerprint density at radius 1 is 1.19 bits per heavy atom. The second-order valence-corrected chi connectivity index (χ2v) is 6.26. The quantitative estimate of drug-likeness (QED) is 0.830. The first kappa shape index (κ1) is 16.7. The average Bonchev–Trinajstić information content (AvgIpc) is 3.16. The molecule has 1 aliphatic heterocycles. The van der Waals surface area contributed by atoms with Crippen LogP contribution in [0.2, 0.25) is 0 Å². The number of halogens is 4. The number of benzene rings is 2. The SMILES string of the molecule is O=C(O)C1C2Oc3cc(OCc4ccc(C(F)(F)F)cc4F)ccc3C21. The summed E-state index contributed by atoms with van der Waals surface area (Å²) in [4.78, 5) is 11.0. The van der Waals surface area contributed by atoms with Crippen molar-refractivity contribution in [1.82, 2.24) is 0 Å². The Kier molecular flexibility index (Phi) is 3.61. The zero-order valence-electron chi connectivity index (χ0n) is 13.1. The number of carbonyl (C=O) groups is 1. The number of hydrogen-bond acceptors (Lipinski definition) is 3. The number of fused-ring (bicyclic) bond motifs is 3. The maximum Gasteiger partial charge on any atom is 0.416 e. The third kappa shape index (κ3) is 2.75. The fourth-order valence-corrected chi connectivity index (χ4v) is 3.22. The monoisotopic (exact) mass is 368 g/mol. The first-order chi connectivity index (χ1) is 12.3. The summed E-state index contributed by atoms with van der Waals surface area (Å²) in [6.07, 6.45) is -4.98. The van der Waals surface area contributed by atoms with Gasteiger partial charge < -0.3 is 14.6 Å². The Morgan fingerprint density at radius 2 is 1.96 bits per heavy atom. The fourth-order valence-electron chi connectivity index (χ4n) is 3.22. The van der Waals surface area contributed by atoms with Crippen molar-refractivity contribution in [3.05, 3.63) is 58.9 Å². The smallest absolute Gasteiger partial charge is 0.416 e. The molecule has 1 fully saturated rings. The lowest BCUT2D eigenvalue weighted by Crippen LogP contribution is -2.08. The van der Waals surface area contributed by atoms with E-state index in [2.05, 4.69) is 0 Å². The molecule has 26 heavy (non-hydrogen) atoms. The van der Waals surface area contributed by atoms with Gasteiger partial charge in [0.25, 0.3) is 0 Å². The van der Waals surface area contributed by atoms with Gasteiger partial charge in [-0.05, 0) is 18.2 Å². The van der Waals surface area contributed by atoms with Crippen LogP contribution in [0.1, 0.15) is 22.6 Å². The van der Waals surface area contributed by atoms with Gasteiger partial charge in [-0.3, -0.25) is 4.79 Å². The summed E-state index contributed by atoms with van der Waals surface area (Å²) in [5.74, 6) is -1.72. The van der Waals surface area contributed by atoms with Crippen molar-refractivity contribution in [3.8, 4) is 11.5 Å². The highest BCUT2D eigenvalue weighted by Gasteiger charge is 2.63. The molecule has 1 N–H and O–H groups in total. The molecule has 8 heteroatoms. The fraction of sp³-hybridized carbons (Fsp3) is 0.278. The van der Waals surface area contributed by atoms with Crippen LogP contribution < -0.4 is 9.47 Å². The zero-order valence-corrected chi connectivity index (χ0v) is 13.1. The van der Waals surface area contributed by atoms with Gasteiger partial charge in [0, 0.05) is 23.1 Å². The number of hydrogen-bond donors (Lipinski definition) is 1. The average molecular weight is 368 g/mol. The summed E-state index contributed by atoms with van der Waals surface area (Å²) in [5, 5.41) is 9.03. The highest BCUT2D eigenvalue weighted by atomic mass is 19.4. The molecule has 4 nitrogen and oxygen atoms in total. The molecule has 3 atom stereocenters. The van der Waals surface area contributed by atoms with E-state index < -0.39 is 29.4 Å². The van der Waals surface area contributed by atoms with E-state index in [0.29, 0.717) is 17.6 Å². The number of ether oxygens (including phenoxy) is 2. The maximum atomic E-state index is 13.8. The maximum absolute atomic E-state index is 13.8. The van der Waals surface area contributed by atoms with Crippen molar-refractivity contribution < 1.29 is 36.9 Å². The predicted octanol–water partition coefficient (Wildman–Crippen LogP) is 3.98. The van der Waals surface area contributed by atoms with Crippen LogP contribution in [0, 0.1) is 11.7 Å². The lowest BCUT2D eigenvalue weighted by atomic mass is 10.1. The molecule has 2 aromatic rings. The van der Waals surface area contributed by atoms with Gasteiger partial charge in [-0.1, -0.05) is 12.1 Å². The molecule has 136 valence electrons. The number of alkyl halides is 3. The van der Waals surface area contributed by atoms with Crippen LogP contribution in [-0.4, -0.2) is 17.2 Å². The van der Waals surface area contributed by atoms with Crippen LogP contribution in [0.5, 0.6) is 11.5 Å². The van der Waals surface area contributed by atoms with Crippen LogP contribution in [-0.2, 0) is 17.6 Å². The third-order valence-electron chi connectivity index (χ3n) is 4.62. The zero-order chi connectivity index (χ0) is 18.6. The Morgan fingerprint density at radius 3 is 2.62 bits per heavy atom. The van der Waals surface area contributed by atoms with Crippen molar-refractivity contribution in [2.45, 2.75) is 24.8 Å². The minimum Gasteiger partial charge on any atom is -0.489 e. The van der Waals surface area contributed by atoms with Crippen LogP contribution in [0.25, 0.3) is 0 Å². The van der Waals surface area contributed by atoms with Gasteiger partial charge in [-0.2, -0.15) is 13.2 Å². The number of carboxylic acid groups (broad SMARTS) is 1. The van der Waals surface area contributed by atoms with Gasteiger partial charge >= 0.3 is 12.1 Å². The molecule has 0 amide bonds. The van der Waals surface area contributed by atoms with Crippen molar-refractivity contribution >= 4 is 5.97 Å². The van der Waals surface area contributed by atoms with Gasteiger partial charge in [0.2, 0.25) is 0 Å². The standard InChI is InChI=1S/C18H12F4O4/c19-12-5-9(18(20,21)22)2-1-8(12)7-25-10-3-4-11-13(6-10)26-16-14(11)15(16)17(23)24/h1-6,14-16H,7H2,(H,23,24). The number of aliphatic carboxylic acids is 1. The summed E-state index contributed by atoms with van der Waals surface area (Å²) < 4.78 is 62.4. The summed E-state index contributed by atoms with van der Waals surface area (Å²) in [6.45, 7) is -0.243.